The minimum absolute atomic E-state index is 0.0127. The van der Waals surface area contributed by atoms with Crippen molar-refractivity contribution >= 4 is 11.7 Å². The van der Waals surface area contributed by atoms with Crippen LogP contribution in [0.1, 0.15) is 36.2 Å². The zero-order valence-electron chi connectivity index (χ0n) is 9.91. The largest absolute Gasteiger partial charge is 0.409 e. The molecular formula is C10H16N6O2. The number of aromatic amines is 1. The molecule has 1 aromatic heterocycles. The first kappa shape index (κ1) is 12.3. The number of hydrogen-bond acceptors (Lipinski definition) is 5. The summed E-state index contributed by atoms with van der Waals surface area (Å²) >= 11 is 0. The molecule has 1 aromatic rings. The molecule has 1 amide bonds. The fourth-order valence-corrected chi connectivity index (χ4v) is 2.24. The molecule has 0 spiro atoms. The van der Waals surface area contributed by atoms with Gasteiger partial charge in [-0.05, 0) is 12.8 Å². The number of rotatable bonds is 4. The minimum atomic E-state index is -0.248. The average Bonchev–Trinajstić information content (AvgIpc) is 3.06. The molecular weight excluding hydrogens is 236 g/mol. The summed E-state index contributed by atoms with van der Waals surface area (Å²) in [6.45, 7) is 0.104. The highest BCUT2D eigenvalue weighted by atomic mass is 16.4. The number of aromatic nitrogens is 3. The molecule has 1 saturated carbocycles. The number of carbonyl (C=O) groups is 1. The van der Waals surface area contributed by atoms with Crippen LogP contribution in [0, 0.1) is 0 Å². The summed E-state index contributed by atoms with van der Waals surface area (Å²) in [5.41, 5.74) is 5.74. The second-order valence-corrected chi connectivity index (χ2v) is 4.32. The van der Waals surface area contributed by atoms with E-state index in [4.69, 9.17) is 10.9 Å². The van der Waals surface area contributed by atoms with Gasteiger partial charge in [-0.3, -0.25) is 4.79 Å². The van der Waals surface area contributed by atoms with Crippen LogP contribution in [0.3, 0.4) is 0 Å². The van der Waals surface area contributed by atoms with Crippen LogP contribution in [-0.4, -0.2) is 49.8 Å². The molecule has 0 aromatic carbocycles. The van der Waals surface area contributed by atoms with Crippen LogP contribution in [0.4, 0.5) is 0 Å². The van der Waals surface area contributed by atoms with Crippen LogP contribution < -0.4 is 5.73 Å². The van der Waals surface area contributed by atoms with E-state index >= 15 is 0 Å². The van der Waals surface area contributed by atoms with Crippen molar-refractivity contribution in [2.24, 2.45) is 10.9 Å². The molecule has 2 rings (SSSR count). The Morgan fingerprint density at radius 2 is 2.33 bits per heavy atom. The molecule has 0 radical (unpaired) electrons. The summed E-state index contributed by atoms with van der Waals surface area (Å²) in [4.78, 5) is 13.9. The van der Waals surface area contributed by atoms with Crippen LogP contribution in [0.15, 0.2) is 11.4 Å². The molecule has 0 unspecified atom stereocenters. The van der Waals surface area contributed by atoms with Gasteiger partial charge in [0.25, 0.3) is 5.91 Å². The van der Waals surface area contributed by atoms with Crippen molar-refractivity contribution in [3.05, 3.63) is 11.9 Å². The normalized spacial score (nSPS) is 17.0. The first-order valence-electron chi connectivity index (χ1n) is 5.85. The van der Waals surface area contributed by atoms with E-state index in [-0.39, 0.29) is 30.0 Å². The summed E-state index contributed by atoms with van der Waals surface area (Å²) in [5.74, 6) is -0.235. The summed E-state index contributed by atoms with van der Waals surface area (Å²) in [6, 6.07) is 0.120. The lowest BCUT2D eigenvalue weighted by Gasteiger charge is -2.27. The van der Waals surface area contributed by atoms with E-state index in [2.05, 4.69) is 20.6 Å². The lowest BCUT2D eigenvalue weighted by molar-refractivity contribution is 0.0706. The minimum Gasteiger partial charge on any atom is -0.409 e. The van der Waals surface area contributed by atoms with Crippen molar-refractivity contribution < 1.29 is 10.0 Å². The highest BCUT2D eigenvalue weighted by molar-refractivity contribution is 5.95. The monoisotopic (exact) mass is 252 g/mol. The zero-order valence-corrected chi connectivity index (χ0v) is 9.91. The quantitative estimate of drug-likeness (QED) is 0.300. The van der Waals surface area contributed by atoms with Gasteiger partial charge in [-0.25, -0.2) is 0 Å². The van der Waals surface area contributed by atoms with Gasteiger partial charge in [-0.2, -0.15) is 15.4 Å². The molecule has 98 valence electrons. The third kappa shape index (κ3) is 2.58. The Morgan fingerprint density at radius 3 is 2.89 bits per heavy atom. The smallest absolute Gasteiger partial charge is 0.276 e. The molecule has 8 heteroatoms. The van der Waals surface area contributed by atoms with Crippen molar-refractivity contribution in [2.75, 3.05) is 6.54 Å². The molecule has 18 heavy (non-hydrogen) atoms. The highest BCUT2D eigenvalue weighted by Crippen LogP contribution is 2.24. The van der Waals surface area contributed by atoms with Crippen molar-refractivity contribution in [3.8, 4) is 0 Å². The van der Waals surface area contributed by atoms with Gasteiger partial charge in [0.1, 0.15) is 0 Å². The lowest BCUT2D eigenvalue weighted by Crippen LogP contribution is -2.44. The average molecular weight is 252 g/mol. The highest BCUT2D eigenvalue weighted by Gasteiger charge is 2.29. The molecule has 4 N–H and O–H groups in total. The molecule has 8 nitrogen and oxygen atoms in total. The second kappa shape index (κ2) is 5.48. The fourth-order valence-electron chi connectivity index (χ4n) is 2.24. The third-order valence-corrected chi connectivity index (χ3v) is 3.12. The number of amidine groups is 1. The SMILES string of the molecule is NC(CN(C(=O)c1cn[nH]n1)C1CCCC1)=NO. The first-order valence-corrected chi connectivity index (χ1v) is 5.85. The van der Waals surface area contributed by atoms with E-state index in [9.17, 15) is 4.79 Å². The van der Waals surface area contributed by atoms with Crippen LogP contribution in [0.25, 0.3) is 0 Å². The predicted octanol–water partition coefficient (Wildman–Crippen LogP) is -0.0641. The summed E-state index contributed by atoms with van der Waals surface area (Å²) in [5, 5.41) is 21.3. The van der Waals surface area contributed by atoms with Gasteiger partial charge >= 0.3 is 0 Å². The number of carbonyl (C=O) groups excluding carboxylic acids is 1. The van der Waals surface area contributed by atoms with Gasteiger partial charge in [0.15, 0.2) is 11.5 Å². The van der Waals surface area contributed by atoms with E-state index in [1.54, 1.807) is 4.90 Å². The third-order valence-electron chi connectivity index (χ3n) is 3.12. The Morgan fingerprint density at radius 1 is 1.61 bits per heavy atom. The molecule has 1 fully saturated rings. The van der Waals surface area contributed by atoms with Gasteiger partial charge < -0.3 is 15.8 Å². The number of hydrogen-bond donors (Lipinski definition) is 3. The number of H-pyrrole nitrogens is 1. The maximum Gasteiger partial charge on any atom is 0.276 e. The van der Waals surface area contributed by atoms with E-state index < -0.39 is 0 Å². The zero-order chi connectivity index (χ0) is 13.0. The number of oxime groups is 1. The van der Waals surface area contributed by atoms with Crippen molar-refractivity contribution in [1.29, 1.82) is 0 Å². The van der Waals surface area contributed by atoms with Crippen molar-refractivity contribution in [1.82, 2.24) is 20.3 Å². The van der Waals surface area contributed by atoms with Gasteiger partial charge in [-0.15, -0.1) is 0 Å². The Kier molecular flexibility index (Phi) is 3.75. The van der Waals surface area contributed by atoms with E-state index in [1.807, 2.05) is 0 Å². The standard InChI is InChI=1S/C10H16N6O2/c11-9(14-18)6-16(7-3-1-2-4-7)10(17)8-5-12-15-13-8/h5,7,18H,1-4,6H2,(H2,11,14)(H,12,13,15). The number of nitrogens with two attached hydrogens (primary N) is 1. The fraction of sp³-hybridized carbons (Fsp3) is 0.600. The molecule has 0 bridgehead atoms. The lowest BCUT2D eigenvalue weighted by atomic mass is 10.2. The number of amides is 1. The van der Waals surface area contributed by atoms with E-state index in [0.717, 1.165) is 25.7 Å². The Labute approximate surface area is 104 Å². The Bertz CT molecular complexity index is 424. The molecule has 1 aliphatic rings. The molecule has 0 aliphatic heterocycles. The summed E-state index contributed by atoms with van der Waals surface area (Å²) in [7, 11) is 0. The van der Waals surface area contributed by atoms with Gasteiger partial charge in [0, 0.05) is 6.04 Å². The van der Waals surface area contributed by atoms with E-state index in [1.165, 1.54) is 6.20 Å². The molecule has 0 saturated heterocycles. The first-order chi connectivity index (χ1) is 8.72. The Hall–Kier alpha value is -2.12. The van der Waals surface area contributed by atoms with Gasteiger partial charge in [-0.1, -0.05) is 18.0 Å². The van der Waals surface area contributed by atoms with Crippen LogP contribution in [-0.2, 0) is 0 Å². The maximum absolute atomic E-state index is 12.3. The van der Waals surface area contributed by atoms with Crippen molar-refractivity contribution in [2.45, 2.75) is 31.7 Å². The number of nitrogens with zero attached hydrogens (tertiary/aromatic N) is 4. The summed E-state index contributed by atoms with van der Waals surface area (Å²) in [6.07, 6.45) is 5.41. The topological polar surface area (TPSA) is 120 Å². The van der Waals surface area contributed by atoms with Gasteiger partial charge in [0.2, 0.25) is 0 Å². The Balaban J connectivity index is 2.15. The van der Waals surface area contributed by atoms with Crippen LogP contribution >= 0.6 is 0 Å². The second-order valence-electron chi connectivity index (χ2n) is 4.32. The van der Waals surface area contributed by atoms with E-state index in [0.29, 0.717) is 0 Å². The maximum atomic E-state index is 12.3. The molecule has 1 aliphatic carbocycles. The van der Waals surface area contributed by atoms with Crippen LogP contribution in [0.5, 0.6) is 0 Å². The van der Waals surface area contributed by atoms with Crippen LogP contribution in [0.2, 0.25) is 0 Å². The molecule has 0 atom stereocenters. The van der Waals surface area contributed by atoms with Gasteiger partial charge in [0.05, 0.1) is 12.7 Å². The summed E-state index contributed by atoms with van der Waals surface area (Å²) < 4.78 is 0. The predicted molar refractivity (Wildman–Crippen MR) is 63.1 cm³/mol. The van der Waals surface area contributed by atoms with Crippen molar-refractivity contribution in [3.63, 3.8) is 0 Å². The molecule has 1 heterocycles. The number of nitrogens with one attached hydrogen (secondary N) is 1.